The molecule has 3 rings (SSSR count). The summed E-state index contributed by atoms with van der Waals surface area (Å²) in [5, 5.41) is 5.24. The van der Waals surface area contributed by atoms with Gasteiger partial charge < -0.3 is 15.0 Å². The number of pyridine rings is 1. The zero-order valence-electron chi connectivity index (χ0n) is 18.3. The van der Waals surface area contributed by atoms with Gasteiger partial charge in [-0.3, -0.25) is 4.79 Å². The van der Waals surface area contributed by atoms with Crippen molar-refractivity contribution >= 4 is 33.3 Å². The Labute approximate surface area is 187 Å². The highest BCUT2D eigenvalue weighted by molar-refractivity contribution is 7.90. The lowest BCUT2D eigenvalue weighted by atomic mass is 10.2. The molecular weight excluding hydrogens is 430 g/mol. The highest BCUT2D eigenvalue weighted by Gasteiger charge is 2.18. The van der Waals surface area contributed by atoms with Crippen molar-refractivity contribution in [3.05, 3.63) is 59.5 Å². The summed E-state index contributed by atoms with van der Waals surface area (Å²) in [5.74, 6) is -0.331. The maximum absolute atomic E-state index is 12.7. The molecule has 0 saturated carbocycles. The number of sulfonamides is 1. The number of aryl methyl sites for hydroxylation is 2. The molecule has 10 heteroatoms. The monoisotopic (exact) mass is 457 g/mol. The Kier molecular flexibility index (Phi) is 7.14. The molecule has 0 spiro atoms. The van der Waals surface area contributed by atoms with E-state index in [2.05, 4.69) is 15.6 Å². The van der Waals surface area contributed by atoms with E-state index in [0.717, 1.165) is 36.3 Å². The van der Waals surface area contributed by atoms with Crippen LogP contribution < -0.4 is 15.4 Å². The van der Waals surface area contributed by atoms with Crippen LogP contribution in [0.2, 0.25) is 0 Å². The van der Waals surface area contributed by atoms with Gasteiger partial charge in [-0.25, -0.2) is 22.9 Å². The fourth-order valence-electron chi connectivity index (χ4n) is 3.20. The summed E-state index contributed by atoms with van der Waals surface area (Å²) in [6, 6.07) is 8.30. The number of hydrogen-bond acceptors (Lipinski definition) is 5. The van der Waals surface area contributed by atoms with Crippen molar-refractivity contribution in [3.63, 3.8) is 0 Å². The van der Waals surface area contributed by atoms with Crippen LogP contribution in [0.4, 0.5) is 10.5 Å². The van der Waals surface area contributed by atoms with Gasteiger partial charge in [-0.05, 0) is 56.2 Å². The van der Waals surface area contributed by atoms with Crippen LogP contribution in [0.25, 0.3) is 5.65 Å². The zero-order chi connectivity index (χ0) is 23.3. The largest absolute Gasteiger partial charge is 0.337 e. The molecular formula is C22H27N5O4S. The Morgan fingerprint density at radius 1 is 1.06 bits per heavy atom. The molecule has 1 aromatic carbocycles. The number of imidazole rings is 1. The molecule has 0 radical (unpaired) electrons. The van der Waals surface area contributed by atoms with Gasteiger partial charge in [0.2, 0.25) is 0 Å². The molecule has 0 fully saturated rings. The molecule has 170 valence electrons. The first-order chi connectivity index (χ1) is 15.2. The maximum atomic E-state index is 12.7. The van der Waals surface area contributed by atoms with Gasteiger partial charge in [-0.1, -0.05) is 20.3 Å². The molecule has 2 aromatic heterocycles. The second-order valence-electron chi connectivity index (χ2n) is 7.34. The molecule has 0 aliphatic carbocycles. The van der Waals surface area contributed by atoms with E-state index in [0.29, 0.717) is 17.8 Å². The fraction of sp³-hybridized carbons (Fsp3) is 0.318. The van der Waals surface area contributed by atoms with Gasteiger partial charge in [0.05, 0.1) is 16.2 Å². The van der Waals surface area contributed by atoms with E-state index in [9.17, 15) is 18.0 Å². The van der Waals surface area contributed by atoms with Crippen LogP contribution in [-0.4, -0.2) is 36.3 Å². The molecule has 0 aliphatic rings. The summed E-state index contributed by atoms with van der Waals surface area (Å²) < 4.78 is 28.5. The highest BCUT2D eigenvalue weighted by Crippen LogP contribution is 2.17. The predicted molar refractivity (Wildman–Crippen MR) is 122 cm³/mol. The van der Waals surface area contributed by atoms with Gasteiger partial charge in [0.1, 0.15) is 5.65 Å². The number of fused-ring (bicyclic) bond motifs is 1. The summed E-state index contributed by atoms with van der Waals surface area (Å²) in [6.45, 7) is 6.35. The minimum absolute atomic E-state index is 0.0799. The lowest BCUT2D eigenvalue weighted by Gasteiger charge is -2.10. The predicted octanol–water partition coefficient (Wildman–Crippen LogP) is 3.25. The van der Waals surface area contributed by atoms with Crippen molar-refractivity contribution in [3.8, 4) is 0 Å². The first-order valence-electron chi connectivity index (χ1n) is 10.4. The number of carbonyl (C=O) groups is 2. The van der Waals surface area contributed by atoms with E-state index in [1.54, 1.807) is 18.3 Å². The Morgan fingerprint density at radius 2 is 1.78 bits per heavy atom. The quantitative estimate of drug-likeness (QED) is 0.448. The van der Waals surface area contributed by atoms with E-state index < -0.39 is 16.1 Å². The van der Waals surface area contributed by atoms with E-state index in [4.69, 9.17) is 0 Å². The Bertz CT molecular complexity index is 1230. The first kappa shape index (κ1) is 23.3. The SMILES string of the molecule is CCCCNC(=O)NS(=O)(=O)c1ccc(NC(=O)c2ccc3nc(CC)c(C)n3c2)cc1. The standard InChI is InChI=1S/C22H27N5O4S/c1-4-6-13-23-22(29)26-32(30,31)18-10-8-17(9-11-18)24-21(28)16-7-12-20-25-19(5-2)15(3)27(20)14-16/h7-12,14H,4-6,13H2,1-3H3,(H,24,28)(H2,23,26,29). The number of hydrogen-bond donors (Lipinski definition) is 3. The third-order valence-corrected chi connectivity index (χ3v) is 6.36. The summed E-state index contributed by atoms with van der Waals surface area (Å²) in [5.41, 5.74) is 3.61. The maximum Gasteiger partial charge on any atom is 0.328 e. The molecule has 0 saturated heterocycles. The van der Waals surface area contributed by atoms with E-state index in [-0.39, 0.29) is 10.8 Å². The third-order valence-electron chi connectivity index (χ3n) is 5.02. The van der Waals surface area contributed by atoms with Gasteiger partial charge in [0.25, 0.3) is 15.9 Å². The van der Waals surface area contributed by atoms with Crippen molar-refractivity contribution in [2.75, 3.05) is 11.9 Å². The van der Waals surface area contributed by atoms with Crippen LogP contribution in [0.5, 0.6) is 0 Å². The van der Waals surface area contributed by atoms with Crippen LogP contribution in [0.15, 0.2) is 47.5 Å². The molecule has 3 amide bonds. The lowest BCUT2D eigenvalue weighted by Crippen LogP contribution is -2.39. The minimum Gasteiger partial charge on any atom is -0.337 e. The number of nitrogens with one attached hydrogen (secondary N) is 3. The van der Waals surface area contributed by atoms with E-state index >= 15 is 0 Å². The smallest absolute Gasteiger partial charge is 0.328 e. The number of anilines is 1. The number of aromatic nitrogens is 2. The topological polar surface area (TPSA) is 122 Å². The number of benzene rings is 1. The molecule has 2 heterocycles. The Hall–Kier alpha value is -3.40. The van der Waals surface area contributed by atoms with Crippen LogP contribution in [0, 0.1) is 6.92 Å². The highest BCUT2D eigenvalue weighted by atomic mass is 32.2. The molecule has 3 aromatic rings. The number of rotatable bonds is 8. The number of amides is 3. The van der Waals surface area contributed by atoms with Crippen LogP contribution in [0.3, 0.4) is 0 Å². The number of urea groups is 1. The molecule has 0 atom stereocenters. The average Bonchev–Trinajstić information content (AvgIpc) is 3.09. The summed E-state index contributed by atoms with van der Waals surface area (Å²) in [6.07, 6.45) is 4.18. The molecule has 9 nitrogen and oxygen atoms in total. The van der Waals surface area contributed by atoms with Crippen molar-refractivity contribution in [1.82, 2.24) is 19.4 Å². The minimum atomic E-state index is -4.01. The summed E-state index contributed by atoms with van der Waals surface area (Å²) >= 11 is 0. The van der Waals surface area contributed by atoms with Gasteiger partial charge in [0.15, 0.2) is 0 Å². The molecule has 0 bridgehead atoms. The Balaban J connectivity index is 1.68. The molecule has 0 unspecified atom stereocenters. The lowest BCUT2D eigenvalue weighted by molar-refractivity contribution is 0.102. The van der Waals surface area contributed by atoms with Crippen LogP contribution in [-0.2, 0) is 16.4 Å². The fourth-order valence-corrected chi connectivity index (χ4v) is 4.12. The van der Waals surface area contributed by atoms with Gasteiger partial charge >= 0.3 is 6.03 Å². The Morgan fingerprint density at radius 3 is 2.44 bits per heavy atom. The number of unbranched alkanes of at least 4 members (excludes halogenated alkanes) is 1. The zero-order valence-corrected chi connectivity index (χ0v) is 19.1. The second-order valence-corrected chi connectivity index (χ2v) is 9.02. The van der Waals surface area contributed by atoms with Crippen molar-refractivity contribution in [1.29, 1.82) is 0 Å². The average molecular weight is 458 g/mol. The summed E-state index contributed by atoms with van der Waals surface area (Å²) in [4.78, 5) is 28.9. The van der Waals surface area contributed by atoms with Crippen LogP contribution >= 0.6 is 0 Å². The summed E-state index contributed by atoms with van der Waals surface area (Å²) in [7, 11) is -4.01. The second kappa shape index (κ2) is 9.82. The van der Waals surface area contributed by atoms with Crippen molar-refractivity contribution < 1.29 is 18.0 Å². The van der Waals surface area contributed by atoms with Crippen molar-refractivity contribution in [2.24, 2.45) is 0 Å². The first-order valence-corrected chi connectivity index (χ1v) is 11.9. The molecule has 3 N–H and O–H groups in total. The number of carbonyl (C=O) groups excluding carboxylic acids is 2. The van der Waals surface area contributed by atoms with Gasteiger partial charge in [0, 0.05) is 24.1 Å². The van der Waals surface area contributed by atoms with Gasteiger partial charge in [-0.15, -0.1) is 0 Å². The number of nitrogens with zero attached hydrogens (tertiary/aromatic N) is 2. The van der Waals surface area contributed by atoms with Crippen LogP contribution in [0.1, 0.15) is 48.4 Å². The van der Waals surface area contributed by atoms with Gasteiger partial charge in [-0.2, -0.15) is 0 Å². The van der Waals surface area contributed by atoms with Crippen molar-refractivity contribution in [2.45, 2.75) is 44.9 Å². The molecule has 0 aliphatic heterocycles. The third kappa shape index (κ3) is 5.25. The normalized spacial score (nSPS) is 11.3. The van der Waals surface area contributed by atoms with E-state index in [1.807, 2.05) is 29.9 Å². The van der Waals surface area contributed by atoms with E-state index in [1.165, 1.54) is 24.3 Å². The molecule has 32 heavy (non-hydrogen) atoms.